The van der Waals surface area contributed by atoms with Gasteiger partial charge in [0.25, 0.3) is 6.01 Å². The number of hydrogen-bond acceptors (Lipinski definition) is 4. The largest absolute Gasteiger partial charge is 0.464 e. The van der Waals surface area contributed by atoms with Crippen LogP contribution >= 0.6 is 0 Å². The summed E-state index contributed by atoms with van der Waals surface area (Å²) in [6, 6.07) is 8.35. The predicted octanol–water partition coefficient (Wildman–Crippen LogP) is 3.20. The van der Waals surface area contributed by atoms with Crippen molar-refractivity contribution in [2.24, 2.45) is 5.92 Å². The summed E-state index contributed by atoms with van der Waals surface area (Å²) in [5, 5.41) is 0. The van der Waals surface area contributed by atoms with Gasteiger partial charge in [0.15, 0.2) is 0 Å². The number of benzene rings is 1. The van der Waals surface area contributed by atoms with Crippen molar-refractivity contribution in [1.29, 1.82) is 0 Å². The molecule has 1 aromatic heterocycles. The second-order valence-electron chi connectivity index (χ2n) is 6.95. The summed E-state index contributed by atoms with van der Waals surface area (Å²) in [4.78, 5) is 21.3. The first-order valence-electron chi connectivity index (χ1n) is 7.96. The molecule has 1 aliphatic heterocycles. The number of amides is 1. The smallest absolute Gasteiger partial charge is 0.410 e. The van der Waals surface area contributed by atoms with Crippen molar-refractivity contribution in [3.05, 3.63) is 24.3 Å². The minimum absolute atomic E-state index is 0.247. The van der Waals surface area contributed by atoms with Crippen molar-refractivity contribution >= 4 is 17.1 Å². The van der Waals surface area contributed by atoms with Gasteiger partial charge in [-0.2, -0.15) is 4.98 Å². The van der Waals surface area contributed by atoms with Gasteiger partial charge < -0.3 is 19.4 Å². The number of likely N-dealkylation sites (tertiary alicyclic amines) is 1. The van der Waals surface area contributed by atoms with Crippen LogP contribution in [0, 0.1) is 5.92 Å². The lowest BCUT2D eigenvalue weighted by Gasteiger charge is -2.24. The zero-order valence-corrected chi connectivity index (χ0v) is 13.8. The number of nitrogens with one attached hydrogen (secondary N) is 1. The number of para-hydroxylation sites is 2. The molecule has 0 spiro atoms. The molecule has 0 bridgehead atoms. The van der Waals surface area contributed by atoms with Crippen molar-refractivity contribution in [3.8, 4) is 6.01 Å². The minimum atomic E-state index is -0.458. The molecule has 0 radical (unpaired) electrons. The number of hydrogen-bond donors (Lipinski definition) is 1. The van der Waals surface area contributed by atoms with Gasteiger partial charge in [0.05, 0.1) is 17.6 Å². The molecule has 1 saturated heterocycles. The van der Waals surface area contributed by atoms with Gasteiger partial charge in [-0.05, 0) is 39.3 Å². The van der Waals surface area contributed by atoms with E-state index in [1.54, 1.807) is 4.90 Å². The monoisotopic (exact) mass is 317 g/mol. The standard InChI is InChI=1S/C17H23N3O3/c1-17(2,3)23-16(21)20-9-8-12(10-20)11-22-15-18-13-6-4-5-7-14(13)19-15/h4-7,12H,8-11H2,1-3H3,(H,18,19)/t12-/m1/s1. The minimum Gasteiger partial charge on any atom is -0.464 e. The molecule has 1 aliphatic rings. The second-order valence-corrected chi connectivity index (χ2v) is 6.95. The van der Waals surface area contributed by atoms with Gasteiger partial charge in [-0.1, -0.05) is 12.1 Å². The number of ether oxygens (including phenoxy) is 2. The third-order valence-corrected chi connectivity index (χ3v) is 3.76. The Morgan fingerprint density at radius 3 is 2.91 bits per heavy atom. The number of imidazole rings is 1. The molecule has 1 aromatic carbocycles. The molecule has 6 heteroatoms. The van der Waals surface area contributed by atoms with Crippen LogP contribution in [0.2, 0.25) is 0 Å². The van der Waals surface area contributed by atoms with Crippen LogP contribution in [0.15, 0.2) is 24.3 Å². The molecule has 1 atom stereocenters. The molecule has 0 unspecified atom stereocenters. The fourth-order valence-electron chi connectivity index (χ4n) is 2.66. The van der Waals surface area contributed by atoms with Gasteiger partial charge in [-0.15, -0.1) is 0 Å². The summed E-state index contributed by atoms with van der Waals surface area (Å²) in [6.45, 7) is 7.55. The van der Waals surface area contributed by atoms with E-state index in [0.717, 1.165) is 17.5 Å². The number of H-pyrrole nitrogens is 1. The molecule has 1 N–H and O–H groups in total. The number of carbonyl (C=O) groups excluding carboxylic acids is 1. The van der Waals surface area contributed by atoms with Gasteiger partial charge in [0.1, 0.15) is 5.60 Å². The Kier molecular flexibility index (Phi) is 4.15. The maximum Gasteiger partial charge on any atom is 0.410 e. The summed E-state index contributed by atoms with van der Waals surface area (Å²) < 4.78 is 11.2. The highest BCUT2D eigenvalue weighted by Crippen LogP contribution is 2.21. The molecule has 0 aliphatic carbocycles. The van der Waals surface area contributed by atoms with Crippen LogP contribution in [0.1, 0.15) is 27.2 Å². The van der Waals surface area contributed by atoms with E-state index in [0.29, 0.717) is 31.6 Å². The van der Waals surface area contributed by atoms with E-state index < -0.39 is 5.60 Å². The molecule has 2 heterocycles. The van der Waals surface area contributed by atoms with Crippen LogP contribution in [0.5, 0.6) is 6.01 Å². The van der Waals surface area contributed by atoms with Gasteiger partial charge in [0.2, 0.25) is 0 Å². The van der Waals surface area contributed by atoms with Gasteiger partial charge in [-0.25, -0.2) is 4.79 Å². The lowest BCUT2D eigenvalue weighted by molar-refractivity contribution is 0.0284. The van der Waals surface area contributed by atoms with E-state index in [1.807, 2.05) is 45.0 Å². The molecule has 6 nitrogen and oxygen atoms in total. The number of fused-ring (bicyclic) bond motifs is 1. The Balaban J connectivity index is 1.51. The Labute approximate surface area is 135 Å². The zero-order valence-electron chi connectivity index (χ0n) is 13.8. The average Bonchev–Trinajstić information content (AvgIpc) is 3.09. The summed E-state index contributed by atoms with van der Waals surface area (Å²) in [7, 11) is 0. The third-order valence-electron chi connectivity index (χ3n) is 3.76. The molecule has 1 fully saturated rings. The maximum absolute atomic E-state index is 12.0. The number of aromatic nitrogens is 2. The van der Waals surface area contributed by atoms with E-state index >= 15 is 0 Å². The SMILES string of the molecule is CC(C)(C)OC(=O)N1CC[C@@H](COc2nc3ccccc3[nH]2)C1. The van der Waals surface area contributed by atoms with E-state index in [4.69, 9.17) is 9.47 Å². The highest BCUT2D eigenvalue weighted by atomic mass is 16.6. The first kappa shape index (κ1) is 15.6. The summed E-state index contributed by atoms with van der Waals surface area (Å²) in [6.07, 6.45) is 0.670. The van der Waals surface area contributed by atoms with Gasteiger partial charge in [0, 0.05) is 19.0 Å². The highest BCUT2D eigenvalue weighted by molar-refractivity contribution is 5.75. The quantitative estimate of drug-likeness (QED) is 0.944. The highest BCUT2D eigenvalue weighted by Gasteiger charge is 2.30. The fourth-order valence-corrected chi connectivity index (χ4v) is 2.66. The lowest BCUT2D eigenvalue weighted by atomic mass is 10.1. The first-order valence-corrected chi connectivity index (χ1v) is 7.96. The summed E-state index contributed by atoms with van der Waals surface area (Å²) >= 11 is 0. The van der Waals surface area contributed by atoms with Crippen molar-refractivity contribution < 1.29 is 14.3 Å². The van der Waals surface area contributed by atoms with E-state index in [-0.39, 0.29) is 6.09 Å². The molecular formula is C17H23N3O3. The molecule has 23 heavy (non-hydrogen) atoms. The van der Waals surface area contributed by atoms with Crippen LogP contribution in [0.4, 0.5) is 4.79 Å². The van der Waals surface area contributed by atoms with Crippen molar-refractivity contribution in [3.63, 3.8) is 0 Å². The second kappa shape index (κ2) is 6.10. The maximum atomic E-state index is 12.0. The molecular weight excluding hydrogens is 294 g/mol. The molecule has 1 amide bonds. The summed E-state index contributed by atoms with van der Waals surface area (Å²) in [5.74, 6) is 0.302. The van der Waals surface area contributed by atoms with Crippen molar-refractivity contribution in [2.75, 3.05) is 19.7 Å². The first-order chi connectivity index (χ1) is 10.9. The topological polar surface area (TPSA) is 67.4 Å². The van der Waals surface area contributed by atoms with E-state index in [2.05, 4.69) is 9.97 Å². The molecule has 3 rings (SSSR count). The summed E-state index contributed by atoms with van der Waals surface area (Å²) in [5.41, 5.74) is 1.40. The average molecular weight is 317 g/mol. The molecule has 0 saturated carbocycles. The van der Waals surface area contributed by atoms with Crippen LogP contribution in [-0.2, 0) is 4.74 Å². The Hall–Kier alpha value is -2.24. The Morgan fingerprint density at radius 1 is 1.39 bits per heavy atom. The Bertz CT molecular complexity index is 657. The van der Waals surface area contributed by atoms with Crippen LogP contribution < -0.4 is 4.74 Å². The van der Waals surface area contributed by atoms with E-state index in [9.17, 15) is 4.79 Å². The number of nitrogens with zero attached hydrogens (tertiary/aromatic N) is 2. The lowest BCUT2D eigenvalue weighted by Crippen LogP contribution is -2.35. The van der Waals surface area contributed by atoms with Crippen LogP contribution in [-0.4, -0.2) is 46.3 Å². The third kappa shape index (κ3) is 3.94. The molecule has 2 aromatic rings. The molecule has 124 valence electrons. The van der Waals surface area contributed by atoms with Gasteiger partial charge >= 0.3 is 6.09 Å². The number of carbonyl (C=O) groups is 1. The zero-order chi connectivity index (χ0) is 16.4. The van der Waals surface area contributed by atoms with Crippen molar-refractivity contribution in [2.45, 2.75) is 32.8 Å². The van der Waals surface area contributed by atoms with E-state index in [1.165, 1.54) is 0 Å². The van der Waals surface area contributed by atoms with Crippen molar-refractivity contribution in [1.82, 2.24) is 14.9 Å². The normalized spacial score (nSPS) is 18.4. The fraction of sp³-hybridized carbons (Fsp3) is 0.529. The Morgan fingerprint density at radius 2 is 2.17 bits per heavy atom. The number of aromatic amines is 1. The predicted molar refractivity (Wildman–Crippen MR) is 87.5 cm³/mol. The van der Waals surface area contributed by atoms with Gasteiger partial charge in [-0.3, -0.25) is 0 Å². The van der Waals surface area contributed by atoms with Crippen LogP contribution in [0.25, 0.3) is 11.0 Å². The number of rotatable bonds is 3. The van der Waals surface area contributed by atoms with Crippen LogP contribution in [0.3, 0.4) is 0 Å².